The molecule has 2 aromatic rings. The van der Waals surface area contributed by atoms with E-state index in [-0.39, 0.29) is 5.91 Å². The Balaban J connectivity index is 1.85. The first-order chi connectivity index (χ1) is 11.7. The molecule has 1 aromatic heterocycles. The number of hydrogen-bond donors (Lipinski definition) is 2. The minimum Gasteiger partial charge on any atom is -0.479 e. The number of anilines is 1. The molecule has 0 fully saturated rings. The first-order valence-corrected chi connectivity index (χ1v) is 8.97. The number of aliphatic carboxylic acids is 1. The summed E-state index contributed by atoms with van der Waals surface area (Å²) in [6.45, 7) is 7.24. The molecule has 0 bridgehead atoms. The number of aryl methyl sites for hydroxylation is 2. The predicted molar refractivity (Wildman–Crippen MR) is 99.1 cm³/mol. The van der Waals surface area contributed by atoms with Gasteiger partial charge in [-0.1, -0.05) is 6.07 Å². The highest BCUT2D eigenvalue weighted by Crippen LogP contribution is 2.22. The van der Waals surface area contributed by atoms with Gasteiger partial charge in [0.15, 0.2) is 5.54 Å². The van der Waals surface area contributed by atoms with Gasteiger partial charge in [-0.2, -0.15) is 5.10 Å². The van der Waals surface area contributed by atoms with Crippen molar-refractivity contribution in [2.45, 2.75) is 44.6 Å². The summed E-state index contributed by atoms with van der Waals surface area (Å²) < 4.78 is 1.33. The number of nitrogens with zero attached hydrogens (tertiary/aromatic N) is 2. The van der Waals surface area contributed by atoms with E-state index >= 15 is 0 Å². The van der Waals surface area contributed by atoms with Crippen LogP contribution in [0.2, 0.25) is 0 Å². The number of aromatic nitrogens is 2. The van der Waals surface area contributed by atoms with E-state index in [1.54, 1.807) is 25.6 Å². The third-order valence-corrected chi connectivity index (χ3v) is 5.03. The molecule has 0 atom stereocenters. The average Bonchev–Trinajstić information content (AvgIpc) is 2.99. The van der Waals surface area contributed by atoms with Gasteiger partial charge < -0.3 is 10.4 Å². The van der Waals surface area contributed by atoms with Gasteiger partial charge in [0.05, 0.1) is 11.9 Å². The van der Waals surface area contributed by atoms with Gasteiger partial charge in [0.2, 0.25) is 5.91 Å². The Morgan fingerprint density at radius 2 is 2.00 bits per heavy atom. The maximum atomic E-state index is 12.0. The fourth-order valence-electron chi connectivity index (χ4n) is 2.08. The number of benzene rings is 1. The molecule has 134 valence electrons. The summed E-state index contributed by atoms with van der Waals surface area (Å²) in [5.74, 6) is -0.439. The Hall–Kier alpha value is -2.28. The lowest BCUT2D eigenvalue weighted by Gasteiger charge is -2.19. The Kier molecular flexibility index (Phi) is 5.89. The van der Waals surface area contributed by atoms with Crippen molar-refractivity contribution < 1.29 is 14.7 Å². The molecule has 0 unspecified atom stereocenters. The molecule has 0 saturated heterocycles. The molecule has 7 heteroatoms. The van der Waals surface area contributed by atoms with E-state index < -0.39 is 11.5 Å². The molecule has 2 N–H and O–H groups in total. The van der Waals surface area contributed by atoms with Crippen LogP contribution in [0.5, 0.6) is 0 Å². The van der Waals surface area contributed by atoms with E-state index in [1.807, 2.05) is 0 Å². The van der Waals surface area contributed by atoms with Gasteiger partial charge in [0.1, 0.15) is 0 Å². The van der Waals surface area contributed by atoms with E-state index in [0.29, 0.717) is 17.9 Å². The zero-order chi connectivity index (χ0) is 18.6. The fourth-order valence-corrected chi connectivity index (χ4v) is 3.03. The number of carboxylic acids is 1. The van der Waals surface area contributed by atoms with Crippen molar-refractivity contribution in [3.05, 3.63) is 41.7 Å². The fraction of sp³-hybridized carbons (Fsp3) is 0.389. The van der Waals surface area contributed by atoms with Crippen LogP contribution < -0.4 is 5.32 Å². The molecule has 1 heterocycles. The van der Waals surface area contributed by atoms with Crippen molar-refractivity contribution in [1.82, 2.24) is 9.78 Å². The number of carboxylic acid groups (broad SMARTS) is 1. The zero-order valence-corrected chi connectivity index (χ0v) is 15.7. The molecule has 0 aliphatic rings. The van der Waals surface area contributed by atoms with Crippen LogP contribution in [0.25, 0.3) is 0 Å². The number of thioether (sulfide) groups is 1. The Morgan fingerprint density at radius 1 is 1.28 bits per heavy atom. The van der Waals surface area contributed by atoms with Gasteiger partial charge in [-0.25, -0.2) is 4.79 Å². The number of carbonyl (C=O) groups excluding carboxylic acids is 1. The molecule has 0 spiro atoms. The molecule has 0 aliphatic heterocycles. The van der Waals surface area contributed by atoms with Crippen LogP contribution >= 0.6 is 11.8 Å². The van der Waals surface area contributed by atoms with Crippen LogP contribution in [0.1, 0.15) is 31.4 Å². The molecule has 1 aromatic carbocycles. The first kappa shape index (κ1) is 19.1. The third-order valence-electron chi connectivity index (χ3n) is 4.04. The minimum absolute atomic E-state index is 0.121. The predicted octanol–water partition coefficient (Wildman–Crippen LogP) is 3.44. The van der Waals surface area contributed by atoms with Crippen molar-refractivity contribution in [2.24, 2.45) is 0 Å². The van der Waals surface area contributed by atoms with Crippen molar-refractivity contribution in [3.63, 3.8) is 0 Å². The summed E-state index contributed by atoms with van der Waals surface area (Å²) >= 11 is 1.64. The van der Waals surface area contributed by atoms with Gasteiger partial charge in [0.25, 0.3) is 0 Å². The van der Waals surface area contributed by atoms with E-state index in [9.17, 15) is 14.7 Å². The van der Waals surface area contributed by atoms with E-state index in [2.05, 4.69) is 42.5 Å². The minimum atomic E-state index is -1.16. The van der Waals surface area contributed by atoms with Crippen molar-refractivity contribution >= 4 is 29.3 Å². The lowest BCUT2D eigenvalue weighted by molar-refractivity contribution is -0.146. The van der Waals surface area contributed by atoms with Crippen LogP contribution in [0.4, 0.5) is 5.69 Å². The lowest BCUT2D eigenvalue weighted by atomic mass is 10.1. The normalized spacial score (nSPS) is 11.4. The Morgan fingerprint density at radius 3 is 2.64 bits per heavy atom. The van der Waals surface area contributed by atoms with Crippen molar-refractivity contribution in [2.75, 3.05) is 11.1 Å². The maximum Gasteiger partial charge on any atom is 0.331 e. The second kappa shape index (κ2) is 7.74. The van der Waals surface area contributed by atoms with E-state index in [0.717, 1.165) is 4.90 Å². The summed E-state index contributed by atoms with van der Waals surface area (Å²) in [5.41, 5.74) is 1.82. The van der Waals surface area contributed by atoms with E-state index in [1.165, 1.54) is 28.2 Å². The molecular formula is C18H23N3O3S. The smallest absolute Gasteiger partial charge is 0.331 e. The van der Waals surface area contributed by atoms with Gasteiger partial charge in [-0.15, -0.1) is 11.8 Å². The van der Waals surface area contributed by atoms with Crippen LogP contribution in [-0.2, 0) is 15.1 Å². The molecule has 0 radical (unpaired) electrons. The molecular weight excluding hydrogens is 338 g/mol. The number of hydrogen-bond acceptors (Lipinski definition) is 4. The van der Waals surface area contributed by atoms with Crippen LogP contribution in [0.15, 0.2) is 35.5 Å². The van der Waals surface area contributed by atoms with Crippen molar-refractivity contribution in [1.29, 1.82) is 0 Å². The zero-order valence-electron chi connectivity index (χ0n) is 14.9. The molecule has 25 heavy (non-hydrogen) atoms. The number of nitrogens with one attached hydrogen (secondary N) is 1. The monoisotopic (exact) mass is 361 g/mol. The Bertz CT molecular complexity index is 784. The Labute approximate surface area is 151 Å². The molecule has 6 nitrogen and oxygen atoms in total. The molecule has 1 amide bonds. The molecule has 0 aliphatic carbocycles. The van der Waals surface area contributed by atoms with Gasteiger partial charge in [-0.3, -0.25) is 9.48 Å². The molecule has 0 saturated carbocycles. The van der Waals surface area contributed by atoms with Gasteiger partial charge >= 0.3 is 5.97 Å². The van der Waals surface area contributed by atoms with Crippen LogP contribution in [-0.4, -0.2) is 32.5 Å². The van der Waals surface area contributed by atoms with Crippen molar-refractivity contribution in [3.8, 4) is 0 Å². The highest BCUT2D eigenvalue weighted by Gasteiger charge is 2.30. The van der Waals surface area contributed by atoms with E-state index in [4.69, 9.17) is 0 Å². The summed E-state index contributed by atoms with van der Waals surface area (Å²) in [6, 6.07) is 6.26. The highest BCUT2D eigenvalue weighted by atomic mass is 32.2. The largest absolute Gasteiger partial charge is 0.479 e. The number of amides is 1. The van der Waals surface area contributed by atoms with Gasteiger partial charge in [-0.05, 0) is 51.0 Å². The summed E-state index contributed by atoms with van der Waals surface area (Å²) in [4.78, 5) is 24.4. The average molecular weight is 361 g/mol. The highest BCUT2D eigenvalue weighted by molar-refractivity contribution is 7.99. The standard InChI is InChI=1S/C18H23N3O3S/c1-12-5-6-15(9-13(12)2)25-8-7-16(22)20-14-10-19-21(11-14)18(3,4)17(23)24/h5-6,9-11H,7-8H2,1-4H3,(H,20,22)(H,23,24). The maximum absolute atomic E-state index is 12.0. The molecule has 2 rings (SSSR count). The second-order valence-electron chi connectivity index (χ2n) is 6.43. The topological polar surface area (TPSA) is 84.2 Å². The summed E-state index contributed by atoms with van der Waals surface area (Å²) in [6.07, 6.45) is 3.35. The lowest BCUT2D eigenvalue weighted by Crippen LogP contribution is -2.35. The number of rotatable bonds is 7. The second-order valence-corrected chi connectivity index (χ2v) is 7.60. The van der Waals surface area contributed by atoms with Crippen LogP contribution in [0.3, 0.4) is 0 Å². The SMILES string of the molecule is Cc1ccc(SCCC(=O)Nc2cnn(C(C)(C)C(=O)O)c2)cc1C. The third kappa shape index (κ3) is 4.85. The summed E-state index contributed by atoms with van der Waals surface area (Å²) in [5, 5.41) is 16.0. The van der Waals surface area contributed by atoms with Gasteiger partial charge in [0, 0.05) is 23.3 Å². The first-order valence-electron chi connectivity index (χ1n) is 7.98. The van der Waals surface area contributed by atoms with Crippen LogP contribution in [0, 0.1) is 13.8 Å². The quantitative estimate of drug-likeness (QED) is 0.738. The number of carbonyl (C=O) groups is 2. The summed E-state index contributed by atoms with van der Waals surface area (Å²) in [7, 11) is 0.